The highest BCUT2D eigenvalue weighted by atomic mass is 79.9. The highest BCUT2D eigenvalue weighted by Gasteiger charge is 2.12. The Labute approximate surface area is 125 Å². The van der Waals surface area contributed by atoms with E-state index in [1.165, 1.54) is 0 Å². The van der Waals surface area contributed by atoms with Crippen molar-refractivity contribution in [1.29, 1.82) is 0 Å². The molecule has 104 valence electrons. The molecule has 1 aromatic rings. The van der Waals surface area contributed by atoms with Crippen LogP contribution in [0.4, 0.5) is 0 Å². The number of rotatable bonds is 5. The zero-order chi connectivity index (χ0) is 13.7. The van der Waals surface area contributed by atoms with Crippen LogP contribution in [0, 0.1) is 0 Å². The van der Waals surface area contributed by atoms with Gasteiger partial charge in [0.15, 0.2) is 6.29 Å². The molecule has 1 aromatic carbocycles. The number of ether oxygens (including phenoxy) is 2. The number of carbonyl (C=O) groups excluding carboxylic acids is 1. The Morgan fingerprint density at radius 2 is 2.16 bits per heavy atom. The highest BCUT2D eigenvalue weighted by molar-refractivity contribution is 9.10. The number of halogens is 2. The minimum absolute atomic E-state index is 0.460. The number of hydrogen-bond acceptors (Lipinski definition) is 4. The van der Waals surface area contributed by atoms with Crippen LogP contribution in [0.2, 0.25) is 5.02 Å². The molecule has 0 saturated carbocycles. The van der Waals surface area contributed by atoms with Crippen LogP contribution in [-0.2, 0) is 4.74 Å². The molecule has 1 heterocycles. The van der Waals surface area contributed by atoms with Gasteiger partial charge in [-0.25, -0.2) is 0 Å². The fourth-order valence-electron chi connectivity index (χ4n) is 1.92. The van der Waals surface area contributed by atoms with Gasteiger partial charge in [0.25, 0.3) is 0 Å². The van der Waals surface area contributed by atoms with Gasteiger partial charge in [-0.2, -0.15) is 0 Å². The van der Waals surface area contributed by atoms with Gasteiger partial charge in [0.2, 0.25) is 0 Å². The second kappa shape index (κ2) is 7.24. The molecule has 0 radical (unpaired) electrons. The van der Waals surface area contributed by atoms with E-state index in [1.54, 1.807) is 12.1 Å². The lowest BCUT2D eigenvalue weighted by atomic mass is 10.2. The van der Waals surface area contributed by atoms with Crippen molar-refractivity contribution < 1.29 is 14.3 Å². The molecule has 0 spiro atoms. The van der Waals surface area contributed by atoms with E-state index in [-0.39, 0.29) is 0 Å². The Balaban J connectivity index is 1.93. The number of benzene rings is 1. The molecule has 4 nitrogen and oxygen atoms in total. The smallest absolute Gasteiger partial charge is 0.153 e. The molecular weight excluding hydrogens is 334 g/mol. The Morgan fingerprint density at radius 3 is 2.84 bits per heavy atom. The summed E-state index contributed by atoms with van der Waals surface area (Å²) >= 11 is 9.25. The third-order valence-corrected chi connectivity index (χ3v) is 3.73. The molecule has 0 N–H and O–H groups in total. The van der Waals surface area contributed by atoms with Crippen LogP contribution < -0.4 is 4.74 Å². The first kappa shape index (κ1) is 14.8. The van der Waals surface area contributed by atoms with Gasteiger partial charge in [0.05, 0.1) is 23.2 Å². The monoisotopic (exact) mass is 347 g/mol. The van der Waals surface area contributed by atoms with Gasteiger partial charge in [0, 0.05) is 24.7 Å². The van der Waals surface area contributed by atoms with Gasteiger partial charge in [0.1, 0.15) is 12.4 Å². The van der Waals surface area contributed by atoms with E-state index < -0.39 is 0 Å². The van der Waals surface area contributed by atoms with Gasteiger partial charge in [-0.1, -0.05) is 11.6 Å². The molecule has 2 rings (SSSR count). The summed E-state index contributed by atoms with van der Waals surface area (Å²) in [6.45, 7) is 4.73. The third-order valence-electron chi connectivity index (χ3n) is 2.92. The summed E-state index contributed by atoms with van der Waals surface area (Å²) in [6.07, 6.45) is 0.751. The highest BCUT2D eigenvalue weighted by Crippen LogP contribution is 2.31. The largest absolute Gasteiger partial charge is 0.490 e. The SMILES string of the molecule is O=Cc1cc(Cl)cc(Br)c1OCCN1CCOCC1. The van der Waals surface area contributed by atoms with Crippen molar-refractivity contribution in [3.8, 4) is 5.75 Å². The van der Waals surface area contributed by atoms with Crippen LogP contribution in [-0.4, -0.2) is 50.6 Å². The number of nitrogens with zero attached hydrogens (tertiary/aromatic N) is 1. The molecule has 19 heavy (non-hydrogen) atoms. The Bertz CT molecular complexity index is 450. The van der Waals surface area contributed by atoms with Gasteiger partial charge in [-0.3, -0.25) is 9.69 Å². The fourth-order valence-corrected chi connectivity index (χ4v) is 2.87. The number of morpholine rings is 1. The number of carbonyl (C=O) groups is 1. The lowest BCUT2D eigenvalue weighted by Crippen LogP contribution is -2.38. The van der Waals surface area contributed by atoms with E-state index in [9.17, 15) is 4.79 Å². The van der Waals surface area contributed by atoms with Gasteiger partial charge < -0.3 is 9.47 Å². The van der Waals surface area contributed by atoms with Crippen molar-refractivity contribution in [2.75, 3.05) is 39.5 Å². The van der Waals surface area contributed by atoms with Crippen LogP contribution in [0.3, 0.4) is 0 Å². The minimum Gasteiger partial charge on any atom is -0.490 e. The first-order chi connectivity index (χ1) is 9.20. The normalized spacial score (nSPS) is 16.3. The zero-order valence-corrected chi connectivity index (χ0v) is 12.7. The van der Waals surface area contributed by atoms with Gasteiger partial charge >= 0.3 is 0 Å². The zero-order valence-electron chi connectivity index (χ0n) is 10.4. The van der Waals surface area contributed by atoms with Crippen molar-refractivity contribution in [2.24, 2.45) is 0 Å². The summed E-state index contributed by atoms with van der Waals surface area (Å²) in [5.74, 6) is 0.549. The standard InChI is InChI=1S/C13H15BrClNO3/c14-12-8-11(15)7-10(9-17)13(12)19-6-3-16-1-4-18-5-2-16/h7-9H,1-6H2. The average Bonchev–Trinajstić information content (AvgIpc) is 2.42. The quantitative estimate of drug-likeness (QED) is 0.767. The van der Waals surface area contributed by atoms with Crippen molar-refractivity contribution in [1.82, 2.24) is 4.90 Å². The molecule has 0 unspecified atom stereocenters. The maximum absolute atomic E-state index is 11.0. The second-order valence-corrected chi connectivity index (χ2v) is 5.52. The van der Waals surface area contributed by atoms with E-state index in [4.69, 9.17) is 21.1 Å². The Kier molecular flexibility index (Phi) is 5.63. The molecule has 0 atom stereocenters. The summed E-state index contributed by atoms with van der Waals surface area (Å²) in [7, 11) is 0. The fraction of sp³-hybridized carbons (Fsp3) is 0.462. The first-order valence-electron chi connectivity index (χ1n) is 6.08. The molecule has 0 aromatic heterocycles. The van der Waals surface area contributed by atoms with Crippen molar-refractivity contribution in [3.05, 3.63) is 27.2 Å². The predicted octanol–water partition coefficient (Wildman–Crippen LogP) is 2.63. The van der Waals surface area contributed by atoms with Crippen LogP contribution in [0.15, 0.2) is 16.6 Å². The summed E-state index contributed by atoms with van der Waals surface area (Å²) in [5.41, 5.74) is 0.460. The van der Waals surface area contributed by atoms with E-state index in [0.717, 1.165) is 39.1 Å². The lowest BCUT2D eigenvalue weighted by Gasteiger charge is -2.26. The molecule has 6 heteroatoms. The molecular formula is C13H15BrClNO3. The Morgan fingerprint density at radius 1 is 1.42 bits per heavy atom. The summed E-state index contributed by atoms with van der Waals surface area (Å²) < 4.78 is 11.7. The third kappa shape index (κ3) is 4.18. The van der Waals surface area contributed by atoms with Crippen LogP contribution in [0.1, 0.15) is 10.4 Å². The van der Waals surface area contributed by atoms with Crippen LogP contribution in [0.25, 0.3) is 0 Å². The molecule has 0 bridgehead atoms. The van der Waals surface area contributed by atoms with Crippen molar-refractivity contribution in [2.45, 2.75) is 0 Å². The summed E-state index contributed by atoms with van der Waals surface area (Å²) in [4.78, 5) is 13.3. The maximum atomic E-state index is 11.0. The molecule has 1 saturated heterocycles. The van der Waals surface area contributed by atoms with Gasteiger partial charge in [-0.05, 0) is 28.1 Å². The van der Waals surface area contributed by atoms with E-state index >= 15 is 0 Å². The van der Waals surface area contributed by atoms with Crippen LogP contribution in [0.5, 0.6) is 5.75 Å². The predicted molar refractivity (Wildman–Crippen MR) is 77.3 cm³/mol. The number of hydrogen-bond donors (Lipinski definition) is 0. The first-order valence-corrected chi connectivity index (χ1v) is 7.25. The van der Waals surface area contributed by atoms with E-state index in [2.05, 4.69) is 20.8 Å². The minimum atomic E-state index is 0.460. The molecule has 0 amide bonds. The van der Waals surface area contributed by atoms with Crippen molar-refractivity contribution >= 4 is 33.8 Å². The molecule has 0 aliphatic carbocycles. The van der Waals surface area contributed by atoms with Crippen molar-refractivity contribution in [3.63, 3.8) is 0 Å². The van der Waals surface area contributed by atoms with E-state index in [0.29, 0.717) is 27.4 Å². The topological polar surface area (TPSA) is 38.8 Å². The average molecular weight is 349 g/mol. The second-order valence-electron chi connectivity index (χ2n) is 4.23. The lowest BCUT2D eigenvalue weighted by molar-refractivity contribution is 0.0322. The van der Waals surface area contributed by atoms with E-state index in [1.807, 2.05) is 0 Å². The summed E-state index contributed by atoms with van der Waals surface area (Å²) in [6, 6.07) is 3.32. The summed E-state index contributed by atoms with van der Waals surface area (Å²) in [5, 5.41) is 0.509. The van der Waals surface area contributed by atoms with Gasteiger partial charge in [-0.15, -0.1) is 0 Å². The number of aldehydes is 1. The maximum Gasteiger partial charge on any atom is 0.153 e. The molecule has 1 aliphatic rings. The Hall–Kier alpha value is -0.620. The molecule has 1 fully saturated rings. The molecule has 1 aliphatic heterocycles. The van der Waals surface area contributed by atoms with Crippen LogP contribution >= 0.6 is 27.5 Å².